The fourth-order valence-electron chi connectivity index (χ4n) is 2.72. The molecule has 25 heavy (non-hydrogen) atoms. The predicted octanol–water partition coefficient (Wildman–Crippen LogP) is 2.18. The van der Waals surface area contributed by atoms with Crippen molar-refractivity contribution in [3.05, 3.63) is 11.6 Å². The van der Waals surface area contributed by atoms with Crippen molar-refractivity contribution < 1.29 is 33.2 Å². The number of fused-ring (bicyclic) bond motifs is 1. The van der Waals surface area contributed by atoms with Crippen LogP contribution >= 0.6 is 0 Å². The summed E-state index contributed by atoms with van der Waals surface area (Å²) in [5.74, 6) is -2.87. The molecular weight excluding hydrogens is 328 g/mol. The second kappa shape index (κ2) is 7.06. The Bertz CT molecular complexity index is 536. The highest BCUT2D eigenvalue weighted by Gasteiger charge is 2.50. The van der Waals surface area contributed by atoms with E-state index in [9.17, 15) is 4.79 Å². The highest BCUT2D eigenvalue weighted by Crippen LogP contribution is 2.36. The van der Waals surface area contributed by atoms with Crippen LogP contribution in [0.5, 0.6) is 0 Å². The molecule has 0 aromatic carbocycles. The van der Waals surface area contributed by atoms with Gasteiger partial charge >= 0.3 is 0 Å². The number of hydrogen-bond acceptors (Lipinski definition) is 7. The SMILES string of the molecule is COC(C)(C)O[C@H]1[C@@H]2OC(C)(C)OCC2=CC(=O)[C@@H]1OC(C)(C)OC. The maximum Gasteiger partial charge on any atom is 0.187 e. The van der Waals surface area contributed by atoms with Crippen LogP contribution in [0.1, 0.15) is 41.5 Å². The van der Waals surface area contributed by atoms with Crippen LogP contribution in [0.2, 0.25) is 0 Å². The molecular formula is C18H30O7. The summed E-state index contributed by atoms with van der Waals surface area (Å²) in [7, 11) is 3.07. The van der Waals surface area contributed by atoms with Gasteiger partial charge in [0.1, 0.15) is 12.2 Å². The molecule has 1 heterocycles. The van der Waals surface area contributed by atoms with E-state index in [1.54, 1.807) is 34.8 Å². The van der Waals surface area contributed by atoms with Gasteiger partial charge in [-0.15, -0.1) is 0 Å². The van der Waals surface area contributed by atoms with Crippen molar-refractivity contribution in [1.29, 1.82) is 0 Å². The highest BCUT2D eigenvalue weighted by atomic mass is 16.7. The third-order valence-electron chi connectivity index (χ3n) is 4.38. The second-order valence-electron chi connectivity index (χ2n) is 7.68. The number of ketones is 1. The fourth-order valence-corrected chi connectivity index (χ4v) is 2.72. The first-order valence-corrected chi connectivity index (χ1v) is 8.42. The minimum absolute atomic E-state index is 0.208. The Morgan fingerprint density at radius 3 is 2.20 bits per heavy atom. The van der Waals surface area contributed by atoms with Gasteiger partial charge in [-0.3, -0.25) is 4.79 Å². The average Bonchev–Trinajstić information content (AvgIpc) is 2.51. The van der Waals surface area contributed by atoms with Gasteiger partial charge in [-0.25, -0.2) is 0 Å². The maximum absolute atomic E-state index is 12.7. The average molecular weight is 358 g/mol. The summed E-state index contributed by atoms with van der Waals surface area (Å²) >= 11 is 0. The van der Waals surface area contributed by atoms with Gasteiger partial charge in [-0.2, -0.15) is 0 Å². The molecule has 7 nitrogen and oxygen atoms in total. The molecule has 1 aliphatic carbocycles. The van der Waals surface area contributed by atoms with Crippen LogP contribution in [0.15, 0.2) is 11.6 Å². The van der Waals surface area contributed by atoms with Gasteiger partial charge in [-0.1, -0.05) is 0 Å². The van der Waals surface area contributed by atoms with E-state index in [0.29, 0.717) is 6.61 Å². The van der Waals surface area contributed by atoms with E-state index in [4.69, 9.17) is 28.4 Å². The predicted molar refractivity (Wildman–Crippen MR) is 89.9 cm³/mol. The van der Waals surface area contributed by atoms with E-state index < -0.39 is 35.7 Å². The highest BCUT2D eigenvalue weighted by molar-refractivity contribution is 5.96. The Kier molecular flexibility index (Phi) is 5.78. The summed E-state index contributed by atoms with van der Waals surface area (Å²) in [4.78, 5) is 12.7. The zero-order valence-corrected chi connectivity index (χ0v) is 16.4. The van der Waals surface area contributed by atoms with Crippen LogP contribution in [0, 0.1) is 0 Å². The zero-order valence-electron chi connectivity index (χ0n) is 16.4. The molecule has 3 atom stereocenters. The van der Waals surface area contributed by atoms with Gasteiger partial charge < -0.3 is 28.4 Å². The number of carbonyl (C=O) groups is 1. The number of carbonyl (C=O) groups excluding carboxylic acids is 1. The molecule has 0 N–H and O–H groups in total. The van der Waals surface area contributed by atoms with Crippen molar-refractivity contribution in [3.63, 3.8) is 0 Å². The Morgan fingerprint density at radius 2 is 1.64 bits per heavy atom. The number of rotatable bonds is 6. The van der Waals surface area contributed by atoms with Gasteiger partial charge in [0.2, 0.25) is 0 Å². The molecule has 2 rings (SSSR count). The minimum Gasteiger partial charge on any atom is -0.354 e. The molecule has 0 unspecified atom stereocenters. The third kappa shape index (κ3) is 4.87. The first-order chi connectivity index (χ1) is 11.4. The lowest BCUT2D eigenvalue weighted by atomic mass is 9.88. The zero-order chi connectivity index (χ0) is 19.0. The first-order valence-electron chi connectivity index (χ1n) is 8.42. The van der Waals surface area contributed by atoms with Crippen LogP contribution < -0.4 is 0 Å². The van der Waals surface area contributed by atoms with Crippen LogP contribution in [0.4, 0.5) is 0 Å². The van der Waals surface area contributed by atoms with E-state index in [-0.39, 0.29) is 5.78 Å². The van der Waals surface area contributed by atoms with Crippen LogP contribution in [-0.2, 0) is 33.2 Å². The fraction of sp³-hybridized carbons (Fsp3) is 0.833. The molecule has 1 aliphatic heterocycles. The Morgan fingerprint density at radius 1 is 1.08 bits per heavy atom. The molecule has 0 aromatic rings. The lowest BCUT2D eigenvalue weighted by molar-refractivity contribution is -0.325. The summed E-state index contributed by atoms with van der Waals surface area (Å²) in [5.41, 5.74) is 0.733. The largest absolute Gasteiger partial charge is 0.354 e. The lowest BCUT2D eigenvalue weighted by Crippen LogP contribution is -2.59. The van der Waals surface area contributed by atoms with Crippen molar-refractivity contribution in [2.75, 3.05) is 20.8 Å². The van der Waals surface area contributed by atoms with Gasteiger partial charge in [0.15, 0.2) is 29.2 Å². The summed E-state index contributed by atoms with van der Waals surface area (Å²) in [6, 6.07) is 0. The molecule has 0 radical (unpaired) electrons. The third-order valence-corrected chi connectivity index (χ3v) is 4.38. The van der Waals surface area contributed by atoms with Gasteiger partial charge in [0.25, 0.3) is 0 Å². The van der Waals surface area contributed by atoms with Crippen molar-refractivity contribution in [1.82, 2.24) is 0 Å². The van der Waals surface area contributed by atoms with Crippen LogP contribution in [0.25, 0.3) is 0 Å². The van der Waals surface area contributed by atoms with Crippen LogP contribution in [0.3, 0.4) is 0 Å². The summed E-state index contributed by atoms with van der Waals surface area (Å²) in [6.07, 6.45) is -0.531. The normalized spacial score (nSPS) is 30.0. The molecule has 0 bridgehead atoms. The van der Waals surface area contributed by atoms with Crippen molar-refractivity contribution in [2.24, 2.45) is 0 Å². The van der Waals surface area contributed by atoms with Gasteiger partial charge in [0, 0.05) is 14.2 Å². The molecule has 0 amide bonds. The summed E-state index contributed by atoms with van der Waals surface area (Å²) < 4.78 is 34.5. The van der Waals surface area contributed by atoms with E-state index in [1.807, 2.05) is 13.8 Å². The monoisotopic (exact) mass is 358 g/mol. The number of methoxy groups -OCH3 is 2. The van der Waals surface area contributed by atoms with Gasteiger partial charge in [-0.05, 0) is 53.2 Å². The standard InChI is InChI=1S/C18H30O7/c1-16(2,20-7)24-14-12(19)9-11-10-22-18(5,6)23-13(11)15(14)25-17(3,4)21-8/h9,13-15H,10H2,1-8H3/t13-,14+,15+/m1/s1. The quantitative estimate of drug-likeness (QED) is 0.674. The molecule has 1 fully saturated rings. The Labute approximate surface area is 149 Å². The van der Waals surface area contributed by atoms with Crippen molar-refractivity contribution >= 4 is 5.78 Å². The Hall–Kier alpha value is -0.830. The Balaban J connectivity index is 2.38. The molecule has 144 valence electrons. The molecule has 7 heteroatoms. The van der Waals surface area contributed by atoms with Crippen LogP contribution in [-0.4, -0.2) is 62.3 Å². The number of ether oxygens (including phenoxy) is 6. The smallest absolute Gasteiger partial charge is 0.187 e. The van der Waals surface area contributed by atoms with Gasteiger partial charge in [0.05, 0.1) is 6.61 Å². The molecule has 1 saturated heterocycles. The first kappa shape index (κ1) is 20.5. The van der Waals surface area contributed by atoms with E-state index >= 15 is 0 Å². The van der Waals surface area contributed by atoms with E-state index in [0.717, 1.165) is 5.57 Å². The minimum atomic E-state index is -0.953. The molecule has 0 aromatic heterocycles. The van der Waals surface area contributed by atoms with E-state index in [1.165, 1.54) is 13.2 Å². The summed E-state index contributed by atoms with van der Waals surface area (Å²) in [6.45, 7) is 11.0. The number of hydrogen-bond donors (Lipinski definition) is 0. The van der Waals surface area contributed by atoms with Crippen molar-refractivity contribution in [2.45, 2.75) is 77.2 Å². The molecule has 0 saturated carbocycles. The summed E-state index contributed by atoms with van der Waals surface area (Å²) in [5, 5.41) is 0. The lowest BCUT2D eigenvalue weighted by Gasteiger charge is -2.47. The second-order valence-corrected chi connectivity index (χ2v) is 7.68. The molecule has 0 spiro atoms. The maximum atomic E-state index is 12.7. The van der Waals surface area contributed by atoms with Crippen molar-refractivity contribution in [3.8, 4) is 0 Å². The van der Waals surface area contributed by atoms with E-state index in [2.05, 4.69) is 0 Å². The molecule has 2 aliphatic rings. The topological polar surface area (TPSA) is 72.5 Å².